The average Bonchev–Trinajstić information content (AvgIpc) is 2.03. The van der Waals surface area contributed by atoms with Gasteiger partial charge < -0.3 is 5.73 Å². The molecule has 0 atom stereocenters. The quantitative estimate of drug-likeness (QED) is 0.863. The third kappa shape index (κ3) is 2.98. The average molecular weight is 240 g/mol. The molecular formula is C11H14BrN. The van der Waals surface area contributed by atoms with Gasteiger partial charge in [-0.1, -0.05) is 34.1 Å². The molecule has 0 aliphatic rings. The molecule has 2 N–H and O–H groups in total. The molecule has 0 heterocycles. The standard InChI is InChI=1S/C11H14BrN/c1-8(2)10-5-9(3-4-13)6-11(12)7-10/h5-7H,1,3-4,13H2,2H3. The van der Waals surface area contributed by atoms with Gasteiger partial charge in [0.15, 0.2) is 0 Å². The van der Waals surface area contributed by atoms with Crippen LogP contribution in [0.2, 0.25) is 0 Å². The number of hydrogen-bond donors (Lipinski definition) is 1. The van der Waals surface area contributed by atoms with Gasteiger partial charge in [0.2, 0.25) is 0 Å². The Kier molecular flexibility index (Phi) is 3.70. The highest BCUT2D eigenvalue weighted by molar-refractivity contribution is 9.10. The van der Waals surface area contributed by atoms with Gasteiger partial charge >= 0.3 is 0 Å². The Hall–Kier alpha value is -0.600. The monoisotopic (exact) mass is 239 g/mol. The molecule has 0 aliphatic carbocycles. The Labute approximate surface area is 87.8 Å². The molecule has 1 nitrogen and oxygen atoms in total. The van der Waals surface area contributed by atoms with Crippen LogP contribution in [-0.2, 0) is 6.42 Å². The second-order valence-corrected chi connectivity index (χ2v) is 4.08. The van der Waals surface area contributed by atoms with Crippen LogP contribution < -0.4 is 5.73 Å². The second-order valence-electron chi connectivity index (χ2n) is 3.17. The molecule has 0 radical (unpaired) electrons. The first-order valence-electron chi connectivity index (χ1n) is 4.29. The molecule has 0 saturated heterocycles. The van der Waals surface area contributed by atoms with Crippen molar-refractivity contribution in [3.8, 4) is 0 Å². The summed E-state index contributed by atoms with van der Waals surface area (Å²) in [4.78, 5) is 0. The van der Waals surface area contributed by atoms with E-state index in [0.717, 1.165) is 16.5 Å². The van der Waals surface area contributed by atoms with E-state index in [1.807, 2.05) is 6.92 Å². The number of rotatable bonds is 3. The summed E-state index contributed by atoms with van der Waals surface area (Å²) in [5, 5.41) is 0. The molecule has 1 rings (SSSR count). The van der Waals surface area contributed by atoms with Crippen LogP contribution in [0.4, 0.5) is 0 Å². The zero-order valence-corrected chi connectivity index (χ0v) is 9.39. The summed E-state index contributed by atoms with van der Waals surface area (Å²) in [7, 11) is 0. The maximum atomic E-state index is 5.50. The Morgan fingerprint density at radius 1 is 1.46 bits per heavy atom. The highest BCUT2D eigenvalue weighted by Gasteiger charge is 1.99. The van der Waals surface area contributed by atoms with Crippen LogP contribution in [0.15, 0.2) is 29.3 Å². The van der Waals surface area contributed by atoms with Gasteiger partial charge in [-0.3, -0.25) is 0 Å². The smallest absolute Gasteiger partial charge is 0.0184 e. The number of benzene rings is 1. The van der Waals surface area contributed by atoms with Crippen LogP contribution in [0.3, 0.4) is 0 Å². The minimum absolute atomic E-state index is 0.687. The van der Waals surface area contributed by atoms with Gasteiger partial charge in [-0.15, -0.1) is 0 Å². The van der Waals surface area contributed by atoms with E-state index in [1.165, 1.54) is 11.1 Å². The van der Waals surface area contributed by atoms with Crippen LogP contribution in [0, 0.1) is 0 Å². The Bertz CT molecular complexity index is 318. The molecule has 0 fully saturated rings. The van der Waals surface area contributed by atoms with Crippen LogP contribution in [0.5, 0.6) is 0 Å². The normalized spacial score (nSPS) is 10.1. The Morgan fingerprint density at radius 3 is 2.69 bits per heavy atom. The predicted molar refractivity (Wildman–Crippen MR) is 61.6 cm³/mol. The van der Waals surface area contributed by atoms with Crippen molar-refractivity contribution in [2.75, 3.05) is 6.54 Å². The molecule has 0 spiro atoms. The van der Waals surface area contributed by atoms with Crippen molar-refractivity contribution in [1.82, 2.24) is 0 Å². The highest BCUT2D eigenvalue weighted by Crippen LogP contribution is 2.20. The first kappa shape index (κ1) is 10.5. The first-order chi connectivity index (χ1) is 6.13. The van der Waals surface area contributed by atoms with Crippen molar-refractivity contribution in [3.05, 3.63) is 40.4 Å². The van der Waals surface area contributed by atoms with Gasteiger partial charge in [-0.2, -0.15) is 0 Å². The minimum Gasteiger partial charge on any atom is -0.330 e. The van der Waals surface area contributed by atoms with Gasteiger partial charge in [-0.05, 0) is 43.1 Å². The van der Waals surface area contributed by atoms with Gasteiger partial charge in [0.05, 0.1) is 0 Å². The molecule has 0 amide bonds. The van der Waals surface area contributed by atoms with Crippen molar-refractivity contribution >= 4 is 21.5 Å². The molecule has 0 bridgehead atoms. The van der Waals surface area contributed by atoms with E-state index in [9.17, 15) is 0 Å². The van der Waals surface area contributed by atoms with Crippen LogP contribution in [0.25, 0.3) is 5.57 Å². The predicted octanol–water partition coefficient (Wildman–Crippen LogP) is 2.98. The van der Waals surface area contributed by atoms with E-state index in [2.05, 4.69) is 40.7 Å². The summed E-state index contributed by atoms with van der Waals surface area (Å²) in [6, 6.07) is 6.31. The second kappa shape index (κ2) is 4.58. The number of allylic oxidation sites excluding steroid dienone is 1. The van der Waals surface area contributed by atoms with E-state index in [0.29, 0.717) is 6.54 Å². The Balaban J connectivity index is 3.03. The molecule has 70 valence electrons. The van der Waals surface area contributed by atoms with E-state index < -0.39 is 0 Å². The lowest BCUT2D eigenvalue weighted by atomic mass is 10.0. The maximum Gasteiger partial charge on any atom is 0.0184 e. The summed E-state index contributed by atoms with van der Waals surface area (Å²) >= 11 is 3.47. The van der Waals surface area contributed by atoms with Crippen molar-refractivity contribution < 1.29 is 0 Å². The molecule has 0 aromatic heterocycles. The minimum atomic E-state index is 0.687. The lowest BCUT2D eigenvalue weighted by molar-refractivity contribution is 0.967. The number of halogens is 1. The summed E-state index contributed by atoms with van der Waals surface area (Å²) in [5.74, 6) is 0. The Morgan fingerprint density at radius 2 is 2.15 bits per heavy atom. The molecule has 13 heavy (non-hydrogen) atoms. The third-order valence-electron chi connectivity index (χ3n) is 1.88. The first-order valence-corrected chi connectivity index (χ1v) is 5.08. The summed E-state index contributed by atoms with van der Waals surface area (Å²) < 4.78 is 1.09. The number of hydrogen-bond acceptors (Lipinski definition) is 1. The molecule has 1 aromatic rings. The lowest BCUT2D eigenvalue weighted by Crippen LogP contribution is -2.02. The summed E-state index contributed by atoms with van der Waals surface area (Å²) in [6.07, 6.45) is 0.916. The fourth-order valence-corrected chi connectivity index (χ4v) is 1.75. The van der Waals surface area contributed by atoms with Crippen LogP contribution in [-0.4, -0.2) is 6.54 Å². The summed E-state index contributed by atoms with van der Waals surface area (Å²) in [5.41, 5.74) is 9.02. The molecule has 0 unspecified atom stereocenters. The van der Waals surface area contributed by atoms with Gasteiger partial charge in [0, 0.05) is 4.47 Å². The zero-order valence-electron chi connectivity index (χ0n) is 7.81. The fourth-order valence-electron chi connectivity index (χ4n) is 1.21. The van der Waals surface area contributed by atoms with Gasteiger partial charge in [0.25, 0.3) is 0 Å². The number of nitrogens with two attached hydrogens (primary N) is 1. The largest absolute Gasteiger partial charge is 0.330 e. The van der Waals surface area contributed by atoms with E-state index in [1.54, 1.807) is 0 Å². The van der Waals surface area contributed by atoms with Crippen molar-refractivity contribution in [3.63, 3.8) is 0 Å². The van der Waals surface area contributed by atoms with Crippen molar-refractivity contribution in [1.29, 1.82) is 0 Å². The van der Waals surface area contributed by atoms with E-state index in [4.69, 9.17) is 5.73 Å². The fraction of sp³-hybridized carbons (Fsp3) is 0.273. The summed E-state index contributed by atoms with van der Waals surface area (Å²) in [6.45, 7) is 6.61. The van der Waals surface area contributed by atoms with Gasteiger partial charge in [-0.25, -0.2) is 0 Å². The topological polar surface area (TPSA) is 26.0 Å². The van der Waals surface area contributed by atoms with Crippen LogP contribution in [0.1, 0.15) is 18.1 Å². The van der Waals surface area contributed by atoms with E-state index in [-0.39, 0.29) is 0 Å². The van der Waals surface area contributed by atoms with E-state index >= 15 is 0 Å². The highest BCUT2D eigenvalue weighted by atomic mass is 79.9. The molecule has 0 aliphatic heterocycles. The zero-order chi connectivity index (χ0) is 9.84. The maximum absolute atomic E-state index is 5.50. The van der Waals surface area contributed by atoms with Crippen molar-refractivity contribution in [2.24, 2.45) is 5.73 Å². The van der Waals surface area contributed by atoms with Crippen molar-refractivity contribution in [2.45, 2.75) is 13.3 Å². The molecular weight excluding hydrogens is 226 g/mol. The van der Waals surface area contributed by atoms with Crippen LogP contribution >= 0.6 is 15.9 Å². The SMILES string of the molecule is C=C(C)c1cc(Br)cc(CCN)c1. The van der Waals surface area contributed by atoms with Gasteiger partial charge in [0.1, 0.15) is 0 Å². The molecule has 2 heteroatoms. The third-order valence-corrected chi connectivity index (χ3v) is 2.34. The lowest BCUT2D eigenvalue weighted by Gasteiger charge is -2.05. The molecule has 1 aromatic carbocycles. The molecule has 0 saturated carbocycles.